The molecule has 0 unspecified atom stereocenters. The summed E-state index contributed by atoms with van der Waals surface area (Å²) in [6.07, 6.45) is 2.81. The zero-order valence-corrected chi connectivity index (χ0v) is 19.5. The van der Waals surface area contributed by atoms with Crippen LogP contribution in [0.5, 0.6) is 5.75 Å². The summed E-state index contributed by atoms with van der Waals surface area (Å²) in [7, 11) is -6.64. The lowest BCUT2D eigenvalue weighted by Crippen LogP contribution is -2.44. The van der Waals surface area contributed by atoms with E-state index in [1.54, 1.807) is 31.2 Å². The van der Waals surface area contributed by atoms with E-state index in [0.717, 1.165) is 12.8 Å². The summed E-state index contributed by atoms with van der Waals surface area (Å²) in [5.74, 6) is 0.321. The fraction of sp³-hybridized carbons (Fsp3) is 0.650. The topological polar surface area (TPSA) is 113 Å². The summed E-state index contributed by atoms with van der Waals surface area (Å²) in [6.45, 7) is 4.07. The summed E-state index contributed by atoms with van der Waals surface area (Å²) in [4.78, 5) is 12.6. The molecule has 1 aromatic carbocycles. The Balaban J connectivity index is 1.39. The molecule has 2 aliphatic heterocycles. The number of ether oxygens (including phenoxy) is 1. The van der Waals surface area contributed by atoms with Crippen LogP contribution in [0.25, 0.3) is 0 Å². The molecule has 11 heteroatoms. The lowest BCUT2D eigenvalue weighted by molar-refractivity contribution is -0.126. The minimum Gasteiger partial charge on any atom is -0.492 e. The van der Waals surface area contributed by atoms with Crippen LogP contribution < -0.4 is 10.1 Å². The molecule has 9 nitrogen and oxygen atoms in total. The summed E-state index contributed by atoms with van der Waals surface area (Å²) in [5, 5.41) is 2.83. The fourth-order valence-electron chi connectivity index (χ4n) is 3.85. The number of benzene rings is 1. The van der Waals surface area contributed by atoms with Gasteiger partial charge in [0.1, 0.15) is 12.4 Å². The van der Waals surface area contributed by atoms with Gasteiger partial charge in [0, 0.05) is 32.1 Å². The maximum atomic E-state index is 12.5. The van der Waals surface area contributed by atoms with E-state index in [1.807, 2.05) is 0 Å². The number of nitrogens with zero attached hydrogens (tertiary/aromatic N) is 2. The zero-order chi connectivity index (χ0) is 22.5. The van der Waals surface area contributed by atoms with Crippen LogP contribution in [0.3, 0.4) is 0 Å². The number of piperidine rings is 1. The molecule has 2 saturated heterocycles. The molecule has 3 rings (SSSR count). The highest BCUT2D eigenvalue weighted by atomic mass is 32.2. The number of hydrogen-bond donors (Lipinski definition) is 1. The van der Waals surface area contributed by atoms with Gasteiger partial charge in [0.2, 0.25) is 26.0 Å². The molecule has 174 valence electrons. The van der Waals surface area contributed by atoms with Crippen molar-refractivity contribution in [3.8, 4) is 5.75 Å². The van der Waals surface area contributed by atoms with E-state index >= 15 is 0 Å². The summed E-state index contributed by atoms with van der Waals surface area (Å²) in [5.41, 5.74) is 0. The lowest BCUT2D eigenvalue weighted by atomic mass is 9.97. The van der Waals surface area contributed by atoms with Gasteiger partial charge in [-0.05, 0) is 56.9 Å². The van der Waals surface area contributed by atoms with Crippen LogP contribution in [-0.4, -0.2) is 76.4 Å². The second-order valence-corrected chi connectivity index (χ2v) is 12.0. The molecule has 31 heavy (non-hydrogen) atoms. The second-order valence-electron chi connectivity index (χ2n) is 7.80. The van der Waals surface area contributed by atoms with Crippen molar-refractivity contribution in [1.29, 1.82) is 0 Å². The van der Waals surface area contributed by atoms with Gasteiger partial charge >= 0.3 is 0 Å². The predicted octanol–water partition coefficient (Wildman–Crippen LogP) is 1.03. The Kier molecular flexibility index (Phi) is 7.95. The maximum Gasteiger partial charge on any atom is 0.243 e. The Hall–Kier alpha value is -1.69. The van der Waals surface area contributed by atoms with E-state index in [9.17, 15) is 21.6 Å². The molecule has 2 aliphatic rings. The van der Waals surface area contributed by atoms with Crippen LogP contribution in [0.1, 0.15) is 32.6 Å². The molecular weight excluding hydrogens is 442 g/mol. The largest absolute Gasteiger partial charge is 0.492 e. The Bertz CT molecular complexity index is 949. The molecule has 0 spiro atoms. The number of carbonyl (C=O) groups is 1. The van der Waals surface area contributed by atoms with Crippen LogP contribution in [0.4, 0.5) is 0 Å². The average molecular weight is 474 g/mol. The molecule has 0 saturated carbocycles. The predicted molar refractivity (Wildman–Crippen MR) is 117 cm³/mol. The highest BCUT2D eigenvalue weighted by Gasteiger charge is 2.30. The standard InChI is InChI=1S/C20H31N3O6S2/c1-2-30(25,26)22-14-9-17(10-15-22)20(24)21-11-16-29-18-5-7-19(8-6-18)31(27,28)23-12-3-4-13-23/h5-8,17H,2-4,9-16H2,1H3,(H,21,24). The molecule has 0 aliphatic carbocycles. The van der Waals surface area contributed by atoms with Crippen LogP contribution in [0.2, 0.25) is 0 Å². The van der Waals surface area contributed by atoms with Crippen molar-refractivity contribution in [3.05, 3.63) is 24.3 Å². The van der Waals surface area contributed by atoms with E-state index in [2.05, 4.69) is 5.32 Å². The molecule has 0 radical (unpaired) electrons. The second kappa shape index (κ2) is 10.3. The molecule has 0 bridgehead atoms. The quantitative estimate of drug-likeness (QED) is 0.536. The normalized spacial score (nSPS) is 19.4. The molecule has 2 fully saturated rings. The lowest BCUT2D eigenvalue weighted by Gasteiger charge is -2.30. The Morgan fingerprint density at radius 2 is 1.61 bits per heavy atom. The zero-order valence-electron chi connectivity index (χ0n) is 17.8. The smallest absolute Gasteiger partial charge is 0.243 e. The average Bonchev–Trinajstić information content (AvgIpc) is 3.33. The van der Waals surface area contributed by atoms with Gasteiger partial charge in [0.25, 0.3) is 0 Å². The van der Waals surface area contributed by atoms with Crippen molar-refractivity contribution in [1.82, 2.24) is 13.9 Å². The van der Waals surface area contributed by atoms with E-state index in [-0.39, 0.29) is 29.1 Å². The van der Waals surface area contributed by atoms with Gasteiger partial charge in [-0.2, -0.15) is 4.31 Å². The summed E-state index contributed by atoms with van der Waals surface area (Å²) in [6, 6.07) is 6.32. The highest BCUT2D eigenvalue weighted by Crippen LogP contribution is 2.23. The third kappa shape index (κ3) is 5.97. The highest BCUT2D eigenvalue weighted by molar-refractivity contribution is 7.89. The first kappa shape index (κ1) is 24.0. The van der Waals surface area contributed by atoms with Crippen molar-refractivity contribution in [3.63, 3.8) is 0 Å². The molecule has 1 N–H and O–H groups in total. The number of nitrogens with one attached hydrogen (secondary N) is 1. The molecule has 1 aromatic rings. The number of rotatable bonds is 9. The van der Waals surface area contributed by atoms with Crippen molar-refractivity contribution in [2.24, 2.45) is 5.92 Å². The minimum absolute atomic E-state index is 0.0758. The maximum absolute atomic E-state index is 12.5. The molecule has 1 amide bonds. The van der Waals surface area contributed by atoms with E-state index in [1.165, 1.54) is 8.61 Å². The fourth-order valence-corrected chi connectivity index (χ4v) is 6.50. The Labute approximate surface area is 184 Å². The summed E-state index contributed by atoms with van der Waals surface area (Å²) >= 11 is 0. The first-order chi connectivity index (χ1) is 14.7. The van der Waals surface area contributed by atoms with Gasteiger partial charge in [-0.15, -0.1) is 0 Å². The van der Waals surface area contributed by atoms with Gasteiger partial charge in [-0.3, -0.25) is 4.79 Å². The number of sulfonamides is 2. The number of hydrogen-bond acceptors (Lipinski definition) is 6. The Morgan fingerprint density at radius 1 is 1.00 bits per heavy atom. The van der Waals surface area contributed by atoms with Crippen LogP contribution in [-0.2, 0) is 24.8 Å². The van der Waals surface area contributed by atoms with Crippen LogP contribution in [0, 0.1) is 5.92 Å². The summed E-state index contributed by atoms with van der Waals surface area (Å²) < 4.78 is 57.4. The first-order valence-corrected chi connectivity index (χ1v) is 13.8. The van der Waals surface area contributed by atoms with Crippen molar-refractivity contribution in [2.45, 2.75) is 37.5 Å². The Morgan fingerprint density at radius 3 is 2.19 bits per heavy atom. The van der Waals surface area contributed by atoms with Gasteiger partial charge in [0.05, 0.1) is 17.2 Å². The minimum atomic E-state index is -3.44. The third-order valence-electron chi connectivity index (χ3n) is 5.78. The third-order valence-corrected chi connectivity index (χ3v) is 9.57. The van der Waals surface area contributed by atoms with E-state index in [4.69, 9.17) is 4.74 Å². The van der Waals surface area contributed by atoms with Gasteiger partial charge in [-0.1, -0.05) is 0 Å². The number of amides is 1. The van der Waals surface area contributed by atoms with E-state index in [0.29, 0.717) is 51.3 Å². The SMILES string of the molecule is CCS(=O)(=O)N1CCC(C(=O)NCCOc2ccc(S(=O)(=O)N3CCCC3)cc2)CC1. The monoisotopic (exact) mass is 473 g/mol. The van der Waals surface area contributed by atoms with Gasteiger partial charge < -0.3 is 10.1 Å². The van der Waals surface area contributed by atoms with Crippen molar-refractivity contribution >= 4 is 26.0 Å². The van der Waals surface area contributed by atoms with Gasteiger partial charge in [-0.25, -0.2) is 21.1 Å². The molecule has 0 aromatic heterocycles. The number of carbonyl (C=O) groups excluding carboxylic acids is 1. The van der Waals surface area contributed by atoms with Crippen molar-refractivity contribution < 1.29 is 26.4 Å². The van der Waals surface area contributed by atoms with Crippen LogP contribution >= 0.6 is 0 Å². The molecular formula is C20H31N3O6S2. The van der Waals surface area contributed by atoms with Crippen molar-refractivity contribution in [2.75, 3.05) is 45.1 Å². The molecule has 2 heterocycles. The van der Waals surface area contributed by atoms with Crippen LogP contribution in [0.15, 0.2) is 29.2 Å². The van der Waals surface area contributed by atoms with Gasteiger partial charge in [0.15, 0.2) is 0 Å². The molecule has 0 atom stereocenters. The first-order valence-electron chi connectivity index (χ1n) is 10.7. The van der Waals surface area contributed by atoms with E-state index < -0.39 is 20.0 Å².